The lowest BCUT2D eigenvalue weighted by molar-refractivity contribution is 0.269. The van der Waals surface area contributed by atoms with Crippen molar-refractivity contribution in [3.05, 3.63) is 93.5 Å². The molecule has 3 rings (SSSR count). The van der Waals surface area contributed by atoms with Gasteiger partial charge in [-0.05, 0) is 60.9 Å². The van der Waals surface area contributed by atoms with Gasteiger partial charge in [0, 0.05) is 4.47 Å². The summed E-state index contributed by atoms with van der Waals surface area (Å²) in [5, 5.41) is 9.58. The summed E-state index contributed by atoms with van der Waals surface area (Å²) in [5.41, 5.74) is 4.67. The smallest absolute Gasteiger partial charge is 0.161 e. The molecule has 0 aliphatic heterocycles. The molecule has 0 amide bonds. The summed E-state index contributed by atoms with van der Waals surface area (Å²) in [6.45, 7) is 5.01. The van der Waals surface area contributed by atoms with Crippen molar-refractivity contribution in [2.45, 2.75) is 20.5 Å². The van der Waals surface area contributed by atoms with Crippen molar-refractivity contribution >= 4 is 27.6 Å². The first-order valence-corrected chi connectivity index (χ1v) is 10.2. The zero-order chi connectivity index (χ0) is 20.6. The number of benzene rings is 3. The van der Waals surface area contributed by atoms with Crippen LogP contribution in [0.2, 0.25) is 0 Å². The molecule has 0 bridgehead atoms. The van der Waals surface area contributed by atoms with E-state index in [1.54, 1.807) is 0 Å². The van der Waals surface area contributed by atoms with Crippen LogP contribution in [0.15, 0.2) is 71.2 Å². The van der Waals surface area contributed by atoms with E-state index in [-0.39, 0.29) is 0 Å². The Labute approximate surface area is 180 Å². The predicted octanol–water partition coefficient (Wildman–Crippen LogP) is 6.80. The van der Waals surface area contributed by atoms with Crippen LogP contribution >= 0.6 is 15.9 Å². The normalized spacial score (nSPS) is 11.0. The van der Waals surface area contributed by atoms with Crippen LogP contribution in [0.1, 0.15) is 29.2 Å². The quantitative estimate of drug-likeness (QED) is 0.295. The van der Waals surface area contributed by atoms with E-state index in [9.17, 15) is 5.26 Å². The fraction of sp³-hybridized carbons (Fsp3) is 0.160. The molecule has 3 nitrogen and oxygen atoms in total. The average molecular weight is 448 g/mol. The lowest BCUT2D eigenvalue weighted by atomic mass is 10.0. The maximum atomic E-state index is 9.58. The second kappa shape index (κ2) is 9.95. The summed E-state index contributed by atoms with van der Waals surface area (Å²) < 4.78 is 12.7. The molecule has 0 atom stereocenters. The molecule has 0 unspecified atom stereocenters. The average Bonchev–Trinajstić information content (AvgIpc) is 2.73. The van der Waals surface area contributed by atoms with Crippen molar-refractivity contribution in [2.75, 3.05) is 6.61 Å². The van der Waals surface area contributed by atoms with Crippen LogP contribution in [0.3, 0.4) is 0 Å². The van der Waals surface area contributed by atoms with Crippen molar-refractivity contribution in [1.29, 1.82) is 5.26 Å². The summed E-state index contributed by atoms with van der Waals surface area (Å²) in [6.07, 6.45) is 1.86. The number of aryl methyl sites for hydroxylation is 1. The standard InChI is InChI=1S/C25H22BrNO2/c1-3-28-25-15-20(14-22(16-27)21-9-11-23(26)12-10-21)8-13-24(25)29-17-19-6-4-18(2)5-7-19/h4-15H,3,17H2,1-2H3/b22-14+. The Balaban J connectivity index is 1.83. The third kappa shape index (κ3) is 5.73. The summed E-state index contributed by atoms with van der Waals surface area (Å²) >= 11 is 3.42. The number of nitriles is 1. The van der Waals surface area contributed by atoms with Gasteiger partial charge in [0.2, 0.25) is 0 Å². The van der Waals surface area contributed by atoms with Gasteiger partial charge >= 0.3 is 0 Å². The van der Waals surface area contributed by atoms with Gasteiger partial charge in [0.15, 0.2) is 11.5 Å². The molecule has 3 aromatic carbocycles. The Morgan fingerprint density at radius 3 is 2.34 bits per heavy atom. The van der Waals surface area contributed by atoms with Gasteiger partial charge in [-0.3, -0.25) is 0 Å². The molecule has 0 saturated carbocycles. The van der Waals surface area contributed by atoms with E-state index < -0.39 is 0 Å². The zero-order valence-corrected chi connectivity index (χ0v) is 18.1. The van der Waals surface area contributed by atoms with Crippen LogP contribution in [0.4, 0.5) is 0 Å². The molecule has 3 aromatic rings. The first-order valence-electron chi connectivity index (χ1n) is 9.42. The SMILES string of the molecule is CCOc1cc(/C=C(\C#N)c2ccc(Br)cc2)ccc1OCc1ccc(C)cc1. The molecule has 0 heterocycles. The highest BCUT2D eigenvalue weighted by Crippen LogP contribution is 2.31. The molecule has 29 heavy (non-hydrogen) atoms. The number of hydrogen-bond donors (Lipinski definition) is 0. The molecule has 0 N–H and O–H groups in total. The van der Waals surface area contributed by atoms with Crippen molar-refractivity contribution in [2.24, 2.45) is 0 Å². The Bertz CT molecular complexity index is 1030. The van der Waals surface area contributed by atoms with Gasteiger partial charge < -0.3 is 9.47 Å². The van der Waals surface area contributed by atoms with Gasteiger partial charge in [-0.25, -0.2) is 0 Å². The minimum atomic E-state index is 0.470. The molecule has 0 radical (unpaired) electrons. The fourth-order valence-electron chi connectivity index (χ4n) is 2.82. The topological polar surface area (TPSA) is 42.2 Å². The summed E-state index contributed by atoms with van der Waals surface area (Å²) in [5.74, 6) is 1.35. The van der Waals surface area contributed by atoms with E-state index in [4.69, 9.17) is 9.47 Å². The molecular formula is C25H22BrNO2. The molecule has 0 fully saturated rings. The second-order valence-electron chi connectivity index (χ2n) is 6.59. The zero-order valence-electron chi connectivity index (χ0n) is 16.5. The van der Waals surface area contributed by atoms with Crippen molar-refractivity contribution < 1.29 is 9.47 Å². The Morgan fingerprint density at radius 1 is 0.966 bits per heavy atom. The summed E-state index contributed by atoms with van der Waals surface area (Å²) in [6, 6.07) is 24.0. The maximum Gasteiger partial charge on any atom is 0.161 e. The number of halogens is 1. The van der Waals surface area contributed by atoms with Crippen LogP contribution < -0.4 is 9.47 Å². The monoisotopic (exact) mass is 447 g/mol. The third-order valence-corrected chi connectivity index (χ3v) is 4.90. The first-order chi connectivity index (χ1) is 14.1. The van der Waals surface area contributed by atoms with Crippen LogP contribution in [0, 0.1) is 18.3 Å². The highest BCUT2D eigenvalue weighted by Gasteiger charge is 2.08. The van der Waals surface area contributed by atoms with E-state index in [1.165, 1.54) is 5.56 Å². The van der Waals surface area contributed by atoms with E-state index in [0.717, 1.165) is 21.2 Å². The Kier molecular flexibility index (Phi) is 7.10. The van der Waals surface area contributed by atoms with Crippen LogP contribution in [0.5, 0.6) is 11.5 Å². The summed E-state index contributed by atoms with van der Waals surface area (Å²) in [7, 11) is 0. The van der Waals surface area contributed by atoms with Gasteiger partial charge in [0.25, 0.3) is 0 Å². The third-order valence-electron chi connectivity index (χ3n) is 4.37. The minimum absolute atomic E-state index is 0.470. The van der Waals surface area contributed by atoms with E-state index in [2.05, 4.69) is 53.2 Å². The maximum absolute atomic E-state index is 9.58. The van der Waals surface area contributed by atoms with Gasteiger partial charge in [0.1, 0.15) is 6.61 Å². The number of allylic oxidation sites excluding steroid dienone is 1. The highest BCUT2D eigenvalue weighted by molar-refractivity contribution is 9.10. The second-order valence-corrected chi connectivity index (χ2v) is 7.51. The number of nitrogens with zero attached hydrogens (tertiary/aromatic N) is 1. The molecule has 0 aliphatic rings. The fourth-order valence-corrected chi connectivity index (χ4v) is 3.09. The van der Waals surface area contributed by atoms with Gasteiger partial charge in [0.05, 0.1) is 18.2 Å². The molecule has 0 aliphatic carbocycles. The van der Waals surface area contributed by atoms with Crippen LogP contribution in [-0.2, 0) is 6.61 Å². The van der Waals surface area contributed by atoms with Crippen LogP contribution in [0.25, 0.3) is 11.6 Å². The van der Waals surface area contributed by atoms with Gasteiger partial charge in [-0.15, -0.1) is 0 Å². The van der Waals surface area contributed by atoms with Crippen molar-refractivity contribution in [3.8, 4) is 17.6 Å². The molecule has 4 heteroatoms. The Hall–Kier alpha value is -3.03. The largest absolute Gasteiger partial charge is 0.490 e. The lowest BCUT2D eigenvalue weighted by Crippen LogP contribution is -2.00. The molecular weight excluding hydrogens is 426 g/mol. The molecule has 146 valence electrons. The number of ether oxygens (including phenoxy) is 2. The lowest BCUT2D eigenvalue weighted by Gasteiger charge is -2.13. The first kappa shape index (κ1) is 20.7. The van der Waals surface area contributed by atoms with Crippen molar-refractivity contribution in [3.63, 3.8) is 0 Å². The molecule has 0 saturated heterocycles. The molecule has 0 spiro atoms. The van der Waals surface area contributed by atoms with Gasteiger partial charge in [-0.2, -0.15) is 5.26 Å². The van der Waals surface area contributed by atoms with Crippen LogP contribution in [-0.4, -0.2) is 6.61 Å². The van der Waals surface area contributed by atoms with Crippen molar-refractivity contribution in [1.82, 2.24) is 0 Å². The van der Waals surface area contributed by atoms with E-state index >= 15 is 0 Å². The molecule has 0 aromatic heterocycles. The highest BCUT2D eigenvalue weighted by atomic mass is 79.9. The number of rotatable bonds is 7. The Morgan fingerprint density at radius 2 is 1.69 bits per heavy atom. The summed E-state index contributed by atoms with van der Waals surface area (Å²) in [4.78, 5) is 0. The van der Waals surface area contributed by atoms with Gasteiger partial charge in [-0.1, -0.05) is 64.0 Å². The minimum Gasteiger partial charge on any atom is -0.490 e. The predicted molar refractivity (Wildman–Crippen MR) is 121 cm³/mol. The number of hydrogen-bond acceptors (Lipinski definition) is 3. The van der Waals surface area contributed by atoms with E-state index in [0.29, 0.717) is 30.3 Å². The van der Waals surface area contributed by atoms with E-state index in [1.807, 2.05) is 55.5 Å².